The largest absolute Gasteiger partial charge is 0.478 e. The van der Waals surface area contributed by atoms with Crippen LogP contribution in [0, 0.1) is 0 Å². The lowest BCUT2D eigenvalue weighted by atomic mass is 10.1. The lowest BCUT2D eigenvalue weighted by Crippen LogP contribution is -2.21. The van der Waals surface area contributed by atoms with Crippen LogP contribution in [0.25, 0.3) is 0 Å². The second-order valence-corrected chi connectivity index (χ2v) is 4.85. The molecule has 0 saturated carbocycles. The van der Waals surface area contributed by atoms with Crippen LogP contribution in [0.1, 0.15) is 15.9 Å². The lowest BCUT2D eigenvalue weighted by molar-refractivity contribution is 0.0696. The van der Waals surface area contributed by atoms with Crippen LogP contribution in [0.3, 0.4) is 0 Å². The number of hydrogen-bond donors (Lipinski definition) is 2. The van der Waals surface area contributed by atoms with Crippen LogP contribution in [0.15, 0.2) is 24.3 Å². The standard InChI is InChI=1S/C9H11NO4S/c1-10-15(13,14)6-7-4-2-3-5-8(7)9(11)12/h2-5,10H,6H2,1H3,(H,11,12). The predicted molar refractivity (Wildman–Crippen MR) is 55.1 cm³/mol. The molecule has 5 nitrogen and oxygen atoms in total. The van der Waals surface area contributed by atoms with Crippen molar-refractivity contribution in [1.29, 1.82) is 0 Å². The van der Waals surface area contributed by atoms with Crippen molar-refractivity contribution in [1.82, 2.24) is 4.72 Å². The molecule has 1 aromatic carbocycles. The maximum atomic E-state index is 11.2. The summed E-state index contributed by atoms with van der Waals surface area (Å²) in [6.45, 7) is 0. The molecule has 0 spiro atoms. The minimum Gasteiger partial charge on any atom is -0.478 e. The van der Waals surface area contributed by atoms with E-state index in [1.54, 1.807) is 12.1 Å². The highest BCUT2D eigenvalue weighted by molar-refractivity contribution is 7.88. The van der Waals surface area contributed by atoms with Crippen LogP contribution < -0.4 is 4.72 Å². The molecule has 0 aliphatic heterocycles. The first kappa shape index (κ1) is 11.7. The fraction of sp³-hybridized carbons (Fsp3) is 0.222. The van der Waals surface area contributed by atoms with Gasteiger partial charge in [-0.1, -0.05) is 18.2 Å². The summed E-state index contributed by atoms with van der Waals surface area (Å²) < 4.78 is 24.6. The van der Waals surface area contributed by atoms with Gasteiger partial charge in [-0.15, -0.1) is 0 Å². The van der Waals surface area contributed by atoms with Crippen LogP contribution in [-0.2, 0) is 15.8 Å². The van der Waals surface area contributed by atoms with Crippen LogP contribution in [0.5, 0.6) is 0 Å². The molecule has 2 N–H and O–H groups in total. The number of carbonyl (C=O) groups is 1. The number of benzene rings is 1. The fourth-order valence-corrected chi connectivity index (χ4v) is 1.94. The average molecular weight is 229 g/mol. The van der Waals surface area contributed by atoms with Gasteiger partial charge in [0, 0.05) is 0 Å². The Morgan fingerprint density at radius 3 is 2.53 bits per heavy atom. The molecular formula is C9H11NO4S. The average Bonchev–Trinajstić information content (AvgIpc) is 2.18. The maximum Gasteiger partial charge on any atom is 0.335 e. The molecule has 0 amide bonds. The number of aromatic carboxylic acids is 1. The van der Waals surface area contributed by atoms with E-state index in [-0.39, 0.29) is 16.9 Å². The van der Waals surface area contributed by atoms with E-state index in [4.69, 9.17) is 5.11 Å². The van der Waals surface area contributed by atoms with Gasteiger partial charge in [0.05, 0.1) is 11.3 Å². The zero-order chi connectivity index (χ0) is 11.5. The SMILES string of the molecule is CNS(=O)(=O)Cc1ccccc1C(=O)O. The summed E-state index contributed by atoms with van der Waals surface area (Å²) in [5, 5.41) is 8.82. The summed E-state index contributed by atoms with van der Waals surface area (Å²) in [6, 6.07) is 6.02. The van der Waals surface area contributed by atoms with E-state index < -0.39 is 16.0 Å². The van der Waals surface area contributed by atoms with Gasteiger partial charge in [0.2, 0.25) is 10.0 Å². The monoisotopic (exact) mass is 229 g/mol. The Bertz CT molecular complexity index is 467. The van der Waals surface area contributed by atoms with Crippen molar-refractivity contribution < 1.29 is 18.3 Å². The first-order chi connectivity index (χ1) is 6.96. The third-order valence-electron chi connectivity index (χ3n) is 1.90. The zero-order valence-electron chi connectivity index (χ0n) is 8.10. The van der Waals surface area contributed by atoms with E-state index in [1.807, 2.05) is 0 Å². The van der Waals surface area contributed by atoms with Crippen LogP contribution in [0.2, 0.25) is 0 Å². The highest BCUT2D eigenvalue weighted by Crippen LogP contribution is 2.11. The molecule has 0 aliphatic rings. The van der Waals surface area contributed by atoms with Crippen molar-refractivity contribution in [3.05, 3.63) is 35.4 Å². The van der Waals surface area contributed by atoms with Crippen molar-refractivity contribution in [2.75, 3.05) is 7.05 Å². The van der Waals surface area contributed by atoms with Crippen molar-refractivity contribution in [2.24, 2.45) is 0 Å². The molecule has 1 rings (SSSR count). The van der Waals surface area contributed by atoms with Crippen molar-refractivity contribution in [2.45, 2.75) is 5.75 Å². The number of carboxylic acids is 1. The predicted octanol–water partition coefficient (Wildman–Crippen LogP) is 0.434. The molecule has 0 heterocycles. The van der Waals surface area contributed by atoms with Gasteiger partial charge < -0.3 is 5.11 Å². The van der Waals surface area contributed by atoms with Crippen molar-refractivity contribution in [3.8, 4) is 0 Å². The molecule has 0 fully saturated rings. The number of sulfonamides is 1. The van der Waals surface area contributed by atoms with E-state index in [1.165, 1.54) is 19.2 Å². The van der Waals surface area contributed by atoms with Gasteiger partial charge >= 0.3 is 5.97 Å². The maximum absolute atomic E-state index is 11.2. The summed E-state index contributed by atoms with van der Waals surface area (Å²) in [7, 11) is -2.15. The minimum atomic E-state index is -3.44. The summed E-state index contributed by atoms with van der Waals surface area (Å²) in [6.07, 6.45) is 0. The second-order valence-electron chi connectivity index (χ2n) is 2.93. The fourth-order valence-electron chi connectivity index (χ4n) is 1.13. The Hall–Kier alpha value is -1.40. The molecular weight excluding hydrogens is 218 g/mol. The molecule has 1 aromatic rings. The molecule has 82 valence electrons. The highest BCUT2D eigenvalue weighted by atomic mass is 32.2. The highest BCUT2D eigenvalue weighted by Gasteiger charge is 2.15. The third kappa shape index (κ3) is 3.03. The molecule has 0 bridgehead atoms. The zero-order valence-corrected chi connectivity index (χ0v) is 8.91. The topological polar surface area (TPSA) is 83.5 Å². The molecule has 0 saturated heterocycles. The summed E-state index contributed by atoms with van der Waals surface area (Å²) >= 11 is 0. The van der Waals surface area contributed by atoms with Crippen LogP contribution >= 0.6 is 0 Å². The van der Waals surface area contributed by atoms with E-state index in [0.29, 0.717) is 0 Å². The first-order valence-electron chi connectivity index (χ1n) is 4.18. The molecule has 0 radical (unpaired) electrons. The van der Waals surface area contributed by atoms with E-state index in [2.05, 4.69) is 4.72 Å². The number of nitrogens with one attached hydrogen (secondary N) is 1. The Balaban J connectivity index is 3.10. The Kier molecular flexibility index (Phi) is 3.43. The van der Waals surface area contributed by atoms with Crippen molar-refractivity contribution in [3.63, 3.8) is 0 Å². The molecule has 0 atom stereocenters. The normalized spacial score (nSPS) is 11.3. The van der Waals surface area contributed by atoms with E-state index >= 15 is 0 Å². The van der Waals surface area contributed by atoms with Crippen LogP contribution in [-0.4, -0.2) is 26.5 Å². The summed E-state index contributed by atoms with van der Waals surface area (Å²) in [5.74, 6) is -1.46. The van der Waals surface area contributed by atoms with Gasteiger partial charge in [-0.25, -0.2) is 17.9 Å². The lowest BCUT2D eigenvalue weighted by Gasteiger charge is -2.05. The molecule has 0 unspecified atom stereocenters. The second kappa shape index (κ2) is 4.41. The number of hydrogen-bond acceptors (Lipinski definition) is 3. The first-order valence-corrected chi connectivity index (χ1v) is 5.84. The molecule has 0 aromatic heterocycles. The van der Waals surface area contributed by atoms with Gasteiger partial charge in [0.25, 0.3) is 0 Å². The van der Waals surface area contributed by atoms with Gasteiger partial charge in [0.1, 0.15) is 0 Å². The summed E-state index contributed by atoms with van der Waals surface area (Å²) in [4.78, 5) is 10.8. The Labute approximate surface area is 87.8 Å². The summed E-state index contributed by atoms with van der Waals surface area (Å²) in [5.41, 5.74) is 0.288. The van der Waals surface area contributed by atoms with Gasteiger partial charge in [-0.05, 0) is 18.7 Å². The van der Waals surface area contributed by atoms with Crippen molar-refractivity contribution >= 4 is 16.0 Å². The van der Waals surface area contributed by atoms with Crippen LogP contribution in [0.4, 0.5) is 0 Å². The van der Waals surface area contributed by atoms with Gasteiger partial charge in [0.15, 0.2) is 0 Å². The van der Waals surface area contributed by atoms with E-state index in [0.717, 1.165) is 0 Å². The quantitative estimate of drug-likeness (QED) is 0.784. The van der Waals surface area contributed by atoms with E-state index in [9.17, 15) is 13.2 Å². The third-order valence-corrected chi connectivity index (χ3v) is 3.22. The number of carboxylic acid groups (broad SMARTS) is 1. The minimum absolute atomic E-state index is 0.0105. The molecule has 6 heteroatoms. The molecule has 15 heavy (non-hydrogen) atoms. The Morgan fingerprint density at radius 1 is 1.40 bits per heavy atom. The van der Waals surface area contributed by atoms with Gasteiger partial charge in [-0.3, -0.25) is 0 Å². The Morgan fingerprint density at radius 2 is 2.00 bits per heavy atom. The van der Waals surface area contributed by atoms with Gasteiger partial charge in [-0.2, -0.15) is 0 Å². The molecule has 0 aliphatic carbocycles. The smallest absolute Gasteiger partial charge is 0.335 e. The number of rotatable bonds is 4.